The topological polar surface area (TPSA) is 108 Å². The van der Waals surface area contributed by atoms with E-state index in [0.29, 0.717) is 17.8 Å². The van der Waals surface area contributed by atoms with Crippen LogP contribution < -0.4 is 15.4 Å². The highest BCUT2D eigenvalue weighted by molar-refractivity contribution is 6.14. The molecule has 0 saturated carbocycles. The Morgan fingerprint density at radius 1 is 1.19 bits per heavy atom. The highest BCUT2D eigenvalue weighted by Crippen LogP contribution is 2.55. The number of hydrogen-bond acceptors (Lipinski definition) is 5. The Hall–Kier alpha value is -4.05. The number of hydrogen-bond donors (Lipinski definition) is 2. The van der Waals surface area contributed by atoms with Crippen LogP contribution in [0.4, 0.5) is 5.69 Å². The van der Waals surface area contributed by atoms with E-state index in [2.05, 4.69) is 28.4 Å². The number of benzene rings is 2. The van der Waals surface area contributed by atoms with Crippen molar-refractivity contribution in [1.29, 1.82) is 5.26 Å². The predicted molar refractivity (Wildman–Crippen MR) is 115 cm³/mol. The molecule has 0 aliphatic carbocycles. The number of carbonyl (C=O) groups is 1. The lowest BCUT2D eigenvalue weighted by Gasteiger charge is -2.32. The minimum Gasteiger partial charge on any atom is -0.420 e. The average molecular weight is 411 g/mol. The Bertz CT molecular complexity index is 1250. The first-order valence-corrected chi connectivity index (χ1v) is 10.2. The largest absolute Gasteiger partial charge is 0.420 e. The number of nitriles is 1. The molecule has 0 unspecified atom stereocenters. The minimum atomic E-state index is -1.35. The summed E-state index contributed by atoms with van der Waals surface area (Å²) < 4.78 is 5.60. The maximum absolute atomic E-state index is 14.1. The molecule has 0 saturated heterocycles. The molecule has 1 atom stereocenters. The van der Waals surface area contributed by atoms with E-state index in [1.165, 1.54) is 5.56 Å². The second-order valence-corrected chi connectivity index (χ2v) is 7.79. The second-order valence-electron chi connectivity index (χ2n) is 7.79. The number of carbonyl (C=O) groups excluding carboxylic acids is 1. The molecule has 2 aliphatic heterocycles. The number of nitrogens with two attached hydrogens (primary N) is 1. The van der Waals surface area contributed by atoms with Gasteiger partial charge in [0, 0.05) is 23.5 Å². The number of fused-ring (bicyclic) bond motifs is 4. The van der Waals surface area contributed by atoms with Crippen molar-refractivity contribution in [3.8, 4) is 11.9 Å². The summed E-state index contributed by atoms with van der Waals surface area (Å²) in [6, 6.07) is 19.9. The lowest BCUT2D eigenvalue weighted by molar-refractivity contribution is -0.121. The Morgan fingerprint density at radius 2 is 1.94 bits per heavy atom. The van der Waals surface area contributed by atoms with E-state index >= 15 is 0 Å². The lowest BCUT2D eigenvalue weighted by atomic mass is 9.69. The van der Waals surface area contributed by atoms with Crippen LogP contribution in [0, 0.1) is 18.3 Å². The zero-order valence-corrected chi connectivity index (χ0v) is 17.1. The van der Waals surface area contributed by atoms with Gasteiger partial charge in [-0.25, -0.2) is 0 Å². The van der Waals surface area contributed by atoms with Crippen molar-refractivity contribution in [2.45, 2.75) is 25.2 Å². The first-order valence-electron chi connectivity index (χ1n) is 10.2. The summed E-state index contributed by atoms with van der Waals surface area (Å²) in [6.07, 6.45) is 1.64. The summed E-state index contributed by atoms with van der Waals surface area (Å²) in [6.45, 7) is 2.35. The summed E-state index contributed by atoms with van der Waals surface area (Å²) in [5.74, 6) is -0.0469. The van der Waals surface area contributed by atoms with Crippen LogP contribution in [0.15, 0.2) is 66.1 Å². The molecule has 7 heteroatoms. The van der Waals surface area contributed by atoms with Gasteiger partial charge in [0.15, 0.2) is 0 Å². The van der Waals surface area contributed by atoms with Gasteiger partial charge in [-0.15, -0.1) is 5.10 Å². The van der Waals surface area contributed by atoms with Crippen LogP contribution >= 0.6 is 0 Å². The number of rotatable bonds is 4. The number of aromatic amines is 1. The Labute approximate surface area is 179 Å². The fourth-order valence-corrected chi connectivity index (χ4v) is 4.77. The van der Waals surface area contributed by atoms with E-state index in [9.17, 15) is 10.1 Å². The Balaban J connectivity index is 1.61. The van der Waals surface area contributed by atoms with E-state index in [1.54, 1.807) is 4.90 Å². The fraction of sp³-hybridized carbons (Fsp3) is 0.208. The molecule has 31 heavy (non-hydrogen) atoms. The summed E-state index contributed by atoms with van der Waals surface area (Å²) in [5, 5.41) is 17.1. The number of para-hydroxylation sites is 1. The SMILES string of the molecule is Cc1[nH]nc2c1[C@@]1(C(=O)N(CCCc3ccccc3)c3ccccc31)C(C#N)=C(N)O2. The third kappa shape index (κ3) is 2.58. The van der Waals surface area contributed by atoms with Crippen LogP contribution in [0.1, 0.15) is 28.8 Å². The zero-order chi connectivity index (χ0) is 21.6. The number of anilines is 1. The molecule has 1 aromatic heterocycles. The molecule has 1 amide bonds. The predicted octanol–water partition coefficient (Wildman–Crippen LogP) is 3.07. The van der Waals surface area contributed by atoms with E-state index in [0.717, 1.165) is 24.1 Å². The van der Waals surface area contributed by atoms with Crippen molar-refractivity contribution >= 4 is 11.6 Å². The van der Waals surface area contributed by atoms with E-state index in [1.807, 2.05) is 49.4 Å². The summed E-state index contributed by atoms with van der Waals surface area (Å²) in [5.41, 5.74) is 8.83. The molecule has 0 fully saturated rings. The standard InChI is InChI=1S/C24H21N5O2/c1-15-20-22(28-27-15)31-21(26)18(14-25)24(20)17-11-5-6-12-19(17)29(23(24)30)13-7-10-16-8-3-2-4-9-16/h2-6,8-9,11-12H,7,10,13,26H2,1H3,(H,27,28)/t24-/m0/s1. The second kappa shape index (κ2) is 7.03. The van der Waals surface area contributed by atoms with E-state index in [4.69, 9.17) is 10.5 Å². The molecule has 3 heterocycles. The number of H-pyrrole nitrogens is 1. The van der Waals surface area contributed by atoms with Crippen molar-refractivity contribution in [2.24, 2.45) is 5.73 Å². The summed E-state index contributed by atoms with van der Waals surface area (Å²) in [4.78, 5) is 15.9. The first-order chi connectivity index (χ1) is 15.1. The quantitative estimate of drug-likeness (QED) is 0.686. The van der Waals surface area contributed by atoms with Crippen LogP contribution in [0.5, 0.6) is 5.88 Å². The molecule has 0 bridgehead atoms. The maximum Gasteiger partial charge on any atom is 0.247 e. The van der Waals surface area contributed by atoms with Crippen LogP contribution in [-0.4, -0.2) is 22.6 Å². The summed E-state index contributed by atoms with van der Waals surface area (Å²) >= 11 is 0. The van der Waals surface area contributed by atoms with Gasteiger partial charge in [-0.2, -0.15) is 5.26 Å². The number of aryl methyl sites for hydroxylation is 2. The summed E-state index contributed by atoms with van der Waals surface area (Å²) in [7, 11) is 0. The van der Waals surface area contributed by atoms with Crippen LogP contribution in [0.3, 0.4) is 0 Å². The molecule has 3 N–H and O–H groups in total. The molecular weight excluding hydrogens is 390 g/mol. The average Bonchev–Trinajstić information content (AvgIpc) is 3.26. The number of ether oxygens (including phenoxy) is 1. The van der Waals surface area contributed by atoms with Gasteiger partial charge in [0.2, 0.25) is 17.7 Å². The zero-order valence-electron chi connectivity index (χ0n) is 17.1. The van der Waals surface area contributed by atoms with Crippen molar-refractivity contribution in [3.63, 3.8) is 0 Å². The number of nitrogens with one attached hydrogen (secondary N) is 1. The Morgan fingerprint density at radius 3 is 2.71 bits per heavy atom. The van der Waals surface area contributed by atoms with Crippen molar-refractivity contribution < 1.29 is 9.53 Å². The first kappa shape index (κ1) is 18.9. The van der Waals surface area contributed by atoms with Gasteiger partial charge in [0.25, 0.3) is 0 Å². The smallest absolute Gasteiger partial charge is 0.247 e. The van der Waals surface area contributed by atoms with Gasteiger partial charge in [0.1, 0.15) is 17.1 Å². The third-order valence-corrected chi connectivity index (χ3v) is 6.08. The highest BCUT2D eigenvalue weighted by Gasteiger charge is 2.60. The van der Waals surface area contributed by atoms with E-state index < -0.39 is 5.41 Å². The number of amides is 1. The molecule has 5 rings (SSSR count). The van der Waals surface area contributed by atoms with Crippen molar-refractivity contribution in [1.82, 2.24) is 10.2 Å². The van der Waals surface area contributed by atoms with Crippen molar-refractivity contribution in [2.75, 3.05) is 11.4 Å². The number of nitrogens with zero attached hydrogens (tertiary/aromatic N) is 3. The monoisotopic (exact) mass is 411 g/mol. The highest BCUT2D eigenvalue weighted by atomic mass is 16.5. The van der Waals surface area contributed by atoms with Gasteiger partial charge in [-0.3, -0.25) is 9.89 Å². The number of aromatic nitrogens is 2. The molecule has 2 aromatic carbocycles. The maximum atomic E-state index is 14.1. The molecule has 7 nitrogen and oxygen atoms in total. The van der Waals surface area contributed by atoms with Crippen LogP contribution in [0.25, 0.3) is 0 Å². The molecule has 1 spiro atoms. The third-order valence-electron chi connectivity index (χ3n) is 6.08. The van der Waals surface area contributed by atoms with Gasteiger partial charge in [-0.1, -0.05) is 48.5 Å². The van der Waals surface area contributed by atoms with Crippen molar-refractivity contribution in [3.05, 3.63) is 88.4 Å². The van der Waals surface area contributed by atoms with Gasteiger partial charge in [-0.05, 0) is 31.4 Å². The molecule has 3 aromatic rings. The fourth-order valence-electron chi connectivity index (χ4n) is 4.77. The Kier molecular flexibility index (Phi) is 4.29. The normalized spacial score (nSPS) is 19.2. The minimum absolute atomic E-state index is 0.0872. The molecule has 154 valence electrons. The molecular formula is C24H21N5O2. The van der Waals surface area contributed by atoms with Crippen LogP contribution in [0.2, 0.25) is 0 Å². The molecule has 0 radical (unpaired) electrons. The van der Waals surface area contributed by atoms with Crippen LogP contribution in [-0.2, 0) is 16.6 Å². The lowest BCUT2D eigenvalue weighted by Crippen LogP contribution is -2.46. The van der Waals surface area contributed by atoms with Gasteiger partial charge in [0.05, 0.1) is 5.56 Å². The van der Waals surface area contributed by atoms with Gasteiger partial charge < -0.3 is 15.4 Å². The van der Waals surface area contributed by atoms with E-state index in [-0.39, 0.29) is 23.2 Å². The molecule has 2 aliphatic rings. The van der Waals surface area contributed by atoms with Gasteiger partial charge >= 0.3 is 0 Å².